The maximum Gasteiger partial charge on any atom is 0.261 e. The second kappa shape index (κ2) is 6.84. The lowest BCUT2D eigenvalue weighted by Gasteiger charge is -2.19. The molecule has 0 aliphatic carbocycles. The van der Waals surface area contributed by atoms with Gasteiger partial charge in [0.15, 0.2) is 0 Å². The zero-order valence-corrected chi connectivity index (χ0v) is 13.5. The van der Waals surface area contributed by atoms with Gasteiger partial charge in [0.2, 0.25) is 0 Å². The molecule has 120 valence electrons. The Morgan fingerprint density at radius 2 is 2.00 bits per heavy atom. The van der Waals surface area contributed by atoms with Gasteiger partial charge in [-0.3, -0.25) is 4.79 Å². The zero-order valence-electron chi connectivity index (χ0n) is 13.5. The molecule has 1 amide bonds. The fourth-order valence-corrected chi connectivity index (χ4v) is 2.38. The van der Waals surface area contributed by atoms with Crippen molar-refractivity contribution in [2.24, 2.45) is 0 Å². The molecule has 3 rings (SSSR count). The number of amides is 1. The van der Waals surface area contributed by atoms with Crippen LogP contribution in [0.4, 0.5) is 5.69 Å². The summed E-state index contributed by atoms with van der Waals surface area (Å²) >= 11 is 0. The van der Waals surface area contributed by atoms with Gasteiger partial charge in [-0.1, -0.05) is 31.2 Å². The van der Waals surface area contributed by atoms with Gasteiger partial charge in [0.1, 0.15) is 18.5 Å². The standard InChI is InChI=1S/C19H21NO3/c1-3-14-9-10-17(18(11-14)23-13-16-12-22-16)19(21)20(2)15-7-5-4-6-8-15/h4-11,16H,3,12-13H2,1-2H3. The van der Waals surface area contributed by atoms with E-state index in [1.165, 1.54) is 0 Å². The number of carbonyl (C=O) groups is 1. The molecule has 4 nitrogen and oxygen atoms in total. The summed E-state index contributed by atoms with van der Waals surface area (Å²) in [5.41, 5.74) is 2.58. The first kappa shape index (κ1) is 15.6. The van der Waals surface area contributed by atoms with Gasteiger partial charge in [0.05, 0.1) is 12.2 Å². The molecule has 4 heteroatoms. The fourth-order valence-electron chi connectivity index (χ4n) is 2.38. The number of benzene rings is 2. The predicted molar refractivity (Wildman–Crippen MR) is 90.2 cm³/mol. The molecular weight excluding hydrogens is 290 g/mol. The van der Waals surface area contributed by atoms with Gasteiger partial charge in [-0.25, -0.2) is 0 Å². The van der Waals surface area contributed by atoms with E-state index in [0.29, 0.717) is 17.9 Å². The molecule has 0 bridgehead atoms. The van der Waals surface area contributed by atoms with E-state index in [2.05, 4.69) is 6.92 Å². The maximum atomic E-state index is 12.8. The molecule has 1 aliphatic heterocycles. The van der Waals surface area contributed by atoms with Gasteiger partial charge in [-0.05, 0) is 36.2 Å². The Hall–Kier alpha value is -2.33. The molecule has 2 aromatic rings. The van der Waals surface area contributed by atoms with Crippen LogP contribution in [0.3, 0.4) is 0 Å². The van der Waals surface area contributed by atoms with E-state index in [4.69, 9.17) is 9.47 Å². The average Bonchev–Trinajstić information content (AvgIpc) is 3.43. The third-order valence-electron chi connectivity index (χ3n) is 3.96. The van der Waals surface area contributed by atoms with Crippen LogP contribution in [0.1, 0.15) is 22.8 Å². The number of nitrogens with zero attached hydrogens (tertiary/aromatic N) is 1. The van der Waals surface area contributed by atoms with Crippen LogP contribution in [0.5, 0.6) is 5.75 Å². The Labute approximate surface area is 136 Å². The van der Waals surface area contributed by atoms with Gasteiger partial charge in [0, 0.05) is 12.7 Å². The van der Waals surface area contributed by atoms with Crippen molar-refractivity contribution in [3.63, 3.8) is 0 Å². The highest BCUT2D eigenvalue weighted by molar-refractivity contribution is 6.07. The van der Waals surface area contributed by atoms with E-state index in [9.17, 15) is 4.79 Å². The van der Waals surface area contributed by atoms with Gasteiger partial charge >= 0.3 is 0 Å². The fraction of sp³-hybridized carbons (Fsp3) is 0.316. The number of epoxide rings is 1. The van der Waals surface area contributed by atoms with Crippen molar-refractivity contribution >= 4 is 11.6 Å². The highest BCUT2D eigenvalue weighted by Crippen LogP contribution is 2.25. The lowest BCUT2D eigenvalue weighted by atomic mass is 10.1. The molecule has 0 aromatic heterocycles. The summed E-state index contributed by atoms with van der Waals surface area (Å²) in [7, 11) is 1.78. The summed E-state index contributed by atoms with van der Waals surface area (Å²) < 4.78 is 11.0. The lowest BCUT2D eigenvalue weighted by molar-refractivity contribution is 0.0988. The van der Waals surface area contributed by atoms with Crippen LogP contribution in [0.2, 0.25) is 0 Å². The smallest absolute Gasteiger partial charge is 0.261 e. The van der Waals surface area contributed by atoms with E-state index in [1.807, 2.05) is 48.5 Å². The lowest BCUT2D eigenvalue weighted by Crippen LogP contribution is -2.27. The summed E-state index contributed by atoms with van der Waals surface area (Å²) in [5, 5.41) is 0. The molecule has 0 radical (unpaired) electrons. The molecule has 0 N–H and O–H groups in total. The quantitative estimate of drug-likeness (QED) is 0.769. The first-order chi connectivity index (χ1) is 11.2. The molecule has 1 heterocycles. The number of carbonyl (C=O) groups excluding carboxylic acids is 1. The average molecular weight is 311 g/mol. The monoisotopic (exact) mass is 311 g/mol. The Morgan fingerprint density at radius 1 is 1.26 bits per heavy atom. The third kappa shape index (κ3) is 3.71. The predicted octanol–water partition coefficient (Wildman–Crippen LogP) is 3.30. The summed E-state index contributed by atoms with van der Waals surface area (Å²) in [5.74, 6) is 0.554. The minimum atomic E-state index is -0.0782. The normalized spacial score (nSPS) is 16.0. The second-order valence-corrected chi connectivity index (χ2v) is 5.65. The van der Waals surface area contributed by atoms with Gasteiger partial charge < -0.3 is 14.4 Å². The third-order valence-corrected chi connectivity index (χ3v) is 3.96. The van der Waals surface area contributed by atoms with E-state index in [0.717, 1.165) is 24.3 Å². The molecule has 2 aromatic carbocycles. The van der Waals surface area contributed by atoms with Crippen molar-refractivity contribution in [1.29, 1.82) is 0 Å². The molecule has 1 saturated heterocycles. The molecule has 1 unspecified atom stereocenters. The Bertz CT molecular complexity index is 680. The molecule has 1 aliphatic rings. The largest absolute Gasteiger partial charge is 0.490 e. The van der Waals surface area contributed by atoms with Crippen LogP contribution in [0.15, 0.2) is 48.5 Å². The SMILES string of the molecule is CCc1ccc(C(=O)N(C)c2ccccc2)c(OCC2CO2)c1. The number of hydrogen-bond donors (Lipinski definition) is 0. The maximum absolute atomic E-state index is 12.8. The molecule has 0 saturated carbocycles. The highest BCUT2D eigenvalue weighted by atomic mass is 16.6. The molecule has 0 spiro atoms. The Kier molecular flexibility index (Phi) is 4.63. The van der Waals surface area contributed by atoms with Crippen LogP contribution < -0.4 is 9.64 Å². The number of aryl methyl sites for hydroxylation is 1. The summed E-state index contributed by atoms with van der Waals surface area (Å²) in [6, 6.07) is 15.4. The van der Waals surface area contributed by atoms with Crippen LogP contribution >= 0.6 is 0 Å². The first-order valence-corrected chi connectivity index (χ1v) is 7.89. The molecule has 1 atom stereocenters. The van der Waals surface area contributed by atoms with Crippen molar-refractivity contribution in [2.75, 3.05) is 25.2 Å². The van der Waals surface area contributed by atoms with Crippen LogP contribution in [-0.2, 0) is 11.2 Å². The molecule has 23 heavy (non-hydrogen) atoms. The molecular formula is C19H21NO3. The van der Waals surface area contributed by atoms with Crippen molar-refractivity contribution in [3.05, 3.63) is 59.7 Å². The topological polar surface area (TPSA) is 42.1 Å². The second-order valence-electron chi connectivity index (χ2n) is 5.65. The van der Waals surface area contributed by atoms with Crippen molar-refractivity contribution < 1.29 is 14.3 Å². The zero-order chi connectivity index (χ0) is 16.2. The summed E-state index contributed by atoms with van der Waals surface area (Å²) in [6.07, 6.45) is 1.06. The minimum Gasteiger partial charge on any atom is -0.490 e. The van der Waals surface area contributed by atoms with E-state index >= 15 is 0 Å². The van der Waals surface area contributed by atoms with Crippen molar-refractivity contribution in [1.82, 2.24) is 0 Å². The minimum absolute atomic E-state index is 0.0782. The van der Waals surface area contributed by atoms with E-state index < -0.39 is 0 Å². The first-order valence-electron chi connectivity index (χ1n) is 7.89. The van der Waals surface area contributed by atoms with Gasteiger partial charge in [-0.2, -0.15) is 0 Å². The molecule has 1 fully saturated rings. The Morgan fingerprint density at radius 3 is 2.65 bits per heavy atom. The number of hydrogen-bond acceptors (Lipinski definition) is 3. The van der Waals surface area contributed by atoms with Crippen molar-refractivity contribution in [3.8, 4) is 5.75 Å². The van der Waals surface area contributed by atoms with Crippen LogP contribution in [0, 0.1) is 0 Å². The Balaban J connectivity index is 1.85. The van der Waals surface area contributed by atoms with E-state index in [-0.39, 0.29) is 12.0 Å². The summed E-state index contributed by atoms with van der Waals surface area (Å²) in [6.45, 7) is 3.31. The number of ether oxygens (including phenoxy) is 2. The number of anilines is 1. The van der Waals surface area contributed by atoms with Crippen LogP contribution in [-0.4, -0.2) is 32.3 Å². The van der Waals surface area contributed by atoms with Gasteiger partial charge in [-0.15, -0.1) is 0 Å². The summed E-state index contributed by atoms with van der Waals surface area (Å²) in [4.78, 5) is 14.5. The van der Waals surface area contributed by atoms with Crippen LogP contribution in [0.25, 0.3) is 0 Å². The number of rotatable bonds is 6. The highest BCUT2D eigenvalue weighted by Gasteiger charge is 2.25. The van der Waals surface area contributed by atoms with Gasteiger partial charge in [0.25, 0.3) is 5.91 Å². The number of para-hydroxylation sites is 1. The van der Waals surface area contributed by atoms with Crippen molar-refractivity contribution in [2.45, 2.75) is 19.4 Å². The van der Waals surface area contributed by atoms with E-state index in [1.54, 1.807) is 11.9 Å².